The van der Waals surface area contributed by atoms with Gasteiger partial charge in [0.25, 0.3) is 18.2 Å². The molecule has 2 aromatic carbocycles. The number of carbonyl (C=O) groups is 2. The van der Waals surface area contributed by atoms with Gasteiger partial charge in [-0.25, -0.2) is 18.2 Å². The molecule has 1 saturated heterocycles. The maximum atomic E-state index is 14.1. The standard InChI is InChI=1S/C33H38Cl2F6N6O3.C2H3F3/c1-31(2,38)29(49)42-16-18-8-9-21(34)27(26(18)35)45-30-44-22-14-20(28(48)43-19-6-4-3-5-7-19)23(15-24(22)47(30)17-25(36)37)46-12-10-32(50,11-13-46)33(39,40)41;1-2(3,4)5/h8-9,14-15,19,25,50H,3-7,10-13,16-17H2,1-2H3,(H,42,49)(H,43,48)(H,44,45);1H3. The Balaban J connectivity index is 0.00000126. The second-order valence-corrected chi connectivity index (χ2v) is 14.9. The molecule has 0 atom stereocenters. The van der Waals surface area contributed by atoms with E-state index in [-0.39, 0.29) is 76.6 Å². The number of amides is 2. The fraction of sp³-hybridized carbons (Fsp3) is 0.571. The third-order valence-electron chi connectivity index (χ3n) is 9.22. The summed E-state index contributed by atoms with van der Waals surface area (Å²) in [5.41, 5.74) is -4.07. The van der Waals surface area contributed by atoms with Crippen molar-refractivity contribution in [3.63, 3.8) is 0 Å². The number of nitrogens with one attached hydrogen (secondary N) is 3. The number of hydrogen-bond acceptors (Lipinski definition) is 6. The lowest BCUT2D eigenvalue weighted by Crippen LogP contribution is -2.53. The number of alkyl halides is 9. The van der Waals surface area contributed by atoms with E-state index in [0.29, 0.717) is 5.56 Å². The number of fused-ring (bicyclic) bond motifs is 1. The van der Waals surface area contributed by atoms with Gasteiger partial charge < -0.3 is 30.5 Å². The summed E-state index contributed by atoms with van der Waals surface area (Å²) in [6.45, 7) is 0.823. The van der Waals surface area contributed by atoms with E-state index in [1.807, 2.05) is 0 Å². The second-order valence-electron chi connectivity index (χ2n) is 14.1. The first-order valence-corrected chi connectivity index (χ1v) is 18.1. The Hall–Kier alpha value is -3.64. The fourth-order valence-corrected chi connectivity index (χ4v) is 6.81. The first-order valence-electron chi connectivity index (χ1n) is 17.3. The Morgan fingerprint density at radius 3 is 2.13 bits per heavy atom. The van der Waals surface area contributed by atoms with Crippen LogP contribution < -0.4 is 20.9 Å². The van der Waals surface area contributed by atoms with E-state index in [2.05, 4.69) is 20.9 Å². The Labute approximate surface area is 320 Å². The van der Waals surface area contributed by atoms with Gasteiger partial charge >= 0.3 is 12.4 Å². The molecule has 1 aromatic heterocycles. The molecule has 1 aliphatic carbocycles. The molecule has 0 unspecified atom stereocenters. The highest BCUT2D eigenvalue weighted by molar-refractivity contribution is 6.39. The first-order chi connectivity index (χ1) is 25.4. The van der Waals surface area contributed by atoms with Gasteiger partial charge in [-0.3, -0.25) is 9.59 Å². The third kappa shape index (κ3) is 11.5. The monoisotopic (exact) mass is 834 g/mol. The van der Waals surface area contributed by atoms with Crippen LogP contribution in [0.2, 0.25) is 10.0 Å². The van der Waals surface area contributed by atoms with E-state index < -0.39 is 61.2 Å². The van der Waals surface area contributed by atoms with Crippen LogP contribution in [0.4, 0.5) is 56.8 Å². The van der Waals surface area contributed by atoms with Crippen molar-refractivity contribution < 1.29 is 54.2 Å². The van der Waals surface area contributed by atoms with Crippen molar-refractivity contribution >= 4 is 63.4 Å². The van der Waals surface area contributed by atoms with Gasteiger partial charge in [-0.05, 0) is 50.5 Å². The quantitative estimate of drug-likeness (QED) is 0.152. The second kappa shape index (κ2) is 17.2. The first kappa shape index (κ1) is 44.1. The van der Waals surface area contributed by atoms with E-state index in [4.69, 9.17) is 23.2 Å². The number of nitrogens with zero attached hydrogens (tertiary/aromatic N) is 3. The van der Waals surface area contributed by atoms with Crippen molar-refractivity contribution in [2.75, 3.05) is 23.3 Å². The molecule has 5 rings (SSSR count). The van der Waals surface area contributed by atoms with Crippen molar-refractivity contribution in [2.24, 2.45) is 0 Å². The molecule has 2 fully saturated rings. The van der Waals surface area contributed by atoms with Crippen LogP contribution in [0.15, 0.2) is 24.3 Å². The highest BCUT2D eigenvalue weighted by Crippen LogP contribution is 2.41. The highest BCUT2D eigenvalue weighted by atomic mass is 35.5. The van der Waals surface area contributed by atoms with Crippen LogP contribution in [0, 0.1) is 0 Å². The maximum Gasteiger partial charge on any atom is 0.417 e. The zero-order chi connectivity index (χ0) is 41.1. The van der Waals surface area contributed by atoms with Crippen LogP contribution in [0.3, 0.4) is 0 Å². The summed E-state index contributed by atoms with van der Waals surface area (Å²) in [5.74, 6) is -1.50. The summed E-state index contributed by atoms with van der Waals surface area (Å²) in [6, 6.07) is 5.70. The number of piperidine rings is 1. The lowest BCUT2D eigenvalue weighted by Gasteiger charge is -2.40. The number of aromatic nitrogens is 2. The zero-order valence-electron chi connectivity index (χ0n) is 30.0. The maximum absolute atomic E-state index is 14.1. The topological polar surface area (TPSA) is 112 Å². The molecule has 2 heterocycles. The average Bonchev–Trinajstić information content (AvgIpc) is 3.39. The van der Waals surface area contributed by atoms with Crippen molar-refractivity contribution in [2.45, 2.75) is 115 Å². The molecule has 20 heteroatoms. The van der Waals surface area contributed by atoms with Gasteiger partial charge in [-0.2, -0.15) is 26.3 Å². The molecule has 2 aliphatic rings. The Kier molecular flexibility index (Phi) is 13.8. The zero-order valence-corrected chi connectivity index (χ0v) is 31.5. The number of halogens is 11. The van der Waals surface area contributed by atoms with Crippen LogP contribution in [0.25, 0.3) is 11.0 Å². The molecule has 0 spiro atoms. The van der Waals surface area contributed by atoms with E-state index in [9.17, 15) is 54.2 Å². The molecule has 9 nitrogen and oxygen atoms in total. The van der Waals surface area contributed by atoms with Crippen LogP contribution in [-0.2, 0) is 17.9 Å². The number of aliphatic hydroxyl groups is 1. The molecule has 2 amide bonds. The average molecular weight is 836 g/mol. The van der Waals surface area contributed by atoms with E-state index in [1.165, 1.54) is 29.2 Å². The van der Waals surface area contributed by atoms with Crippen LogP contribution in [0.1, 0.15) is 81.6 Å². The lowest BCUT2D eigenvalue weighted by molar-refractivity contribution is -0.266. The SMILES string of the molecule is CC(C)(F)C(=O)NCc1ccc(Cl)c(Nc2nc3cc(C(=O)NC4CCCCC4)c(N4CCC(O)(C(F)(F)F)CC4)cc3n2CC(F)F)c1Cl.CC(F)(F)F. The number of rotatable bonds is 10. The largest absolute Gasteiger partial charge is 0.417 e. The van der Waals surface area contributed by atoms with Gasteiger partial charge in [0.1, 0.15) is 0 Å². The predicted molar refractivity (Wildman–Crippen MR) is 191 cm³/mol. The summed E-state index contributed by atoms with van der Waals surface area (Å²) < 4.78 is 115. The van der Waals surface area contributed by atoms with Crippen LogP contribution in [-0.4, -0.2) is 75.7 Å². The number of carbonyl (C=O) groups excluding carboxylic acids is 2. The van der Waals surface area contributed by atoms with Gasteiger partial charge in [-0.15, -0.1) is 0 Å². The smallest absolute Gasteiger partial charge is 0.380 e. The third-order valence-corrected chi connectivity index (χ3v) is 9.96. The summed E-state index contributed by atoms with van der Waals surface area (Å²) in [6.07, 6.45) is -8.61. The van der Waals surface area contributed by atoms with Gasteiger partial charge in [0.05, 0.1) is 44.6 Å². The Morgan fingerprint density at radius 1 is 0.982 bits per heavy atom. The van der Waals surface area contributed by atoms with Gasteiger partial charge in [-0.1, -0.05) is 48.5 Å². The van der Waals surface area contributed by atoms with E-state index >= 15 is 0 Å². The summed E-state index contributed by atoms with van der Waals surface area (Å²) in [4.78, 5) is 31.9. The van der Waals surface area contributed by atoms with E-state index in [0.717, 1.165) is 50.5 Å². The van der Waals surface area contributed by atoms with Gasteiger partial charge in [0.2, 0.25) is 5.95 Å². The lowest BCUT2D eigenvalue weighted by atomic mass is 9.90. The van der Waals surface area contributed by atoms with Crippen LogP contribution in [0.5, 0.6) is 0 Å². The molecule has 0 radical (unpaired) electrons. The summed E-state index contributed by atoms with van der Waals surface area (Å²) in [5, 5.41) is 18.7. The molecule has 306 valence electrons. The molecule has 0 bridgehead atoms. The molecular formula is C35H41Cl2F9N6O3. The minimum absolute atomic E-state index is 0.00354. The minimum atomic E-state index is -4.85. The molecule has 3 aromatic rings. The van der Waals surface area contributed by atoms with Crippen molar-refractivity contribution in [3.8, 4) is 0 Å². The predicted octanol–water partition coefficient (Wildman–Crippen LogP) is 9.24. The Bertz CT molecular complexity index is 1830. The number of hydrogen-bond donors (Lipinski definition) is 4. The number of anilines is 3. The van der Waals surface area contributed by atoms with Gasteiger partial charge in [0, 0.05) is 45.4 Å². The van der Waals surface area contributed by atoms with Crippen molar-refractivity contribution in [1.29, 1.82) is 0 Å². The normalized spacial score (nSPS) is 16.8. The van der Waals surface area contributed by atoms with Crippen molar-refractivity contribution in [1.82, 2.24) is 20.2 Å². The molecule has 1 saturated carbocycles. The van der Waals surface area contributed by atoms with Crippen molar-refractivity contribution in [3.05, 3.63) is 45.4 Å². The summed E-state index contributed by atoms with van der Waals surface area (Å²) >= 11 is 13.1. The molecule has 1 aliphatic heterocycles. The fourth-order valence-electron chi connectivity index (χ4n) is 6.28. The number of benzene rings is 2. The highest BCUT2D eigenvalue weighted by Gasteiger charge is 2.54. The Morgan fingerprint density at radius 2 is 1.58 bits per heavy atom. The van der Waals surface area contributed by atoms with Crippen LogP contribution >= 0.6 is 23.2 Å². The minimum Gasteiger partial charge on any atom is -0.380 e. The molecule has 4 N–H and O–H groups in total. The molecular weight excluding hydrogens is 794 g/mol. The van der Waals surface area contributed by atoms with Gasteiger partial charge in [0.15, 0.2) is 11.3 Å². The summed E-state index contributed by atoms with van der Waals surface area (Å²) in [7, 11) is 0. The molecule has 55 heavy (non-hydrogen) atoms. The van der Waals surface area contributed by atoms with E-state index in [1.54, 1.807) is 0 Å². The number of imidazole rings is 1.